The van der Waals surface area contributed by atoms with E-state index < -0.39 is 0 Å². The summed E-state index contributed by atoms with van der Waals surface area (Å²) < 4.78 is 0. The first-order valence-corrected chi connectivity index (χ1v) is 12.1. The fourth-order valence-electron chi connectivity index (χ4n) is 2.98. The summed E-state index contributed by atoms with van der Waals surface area (Å²) in [7, 11) is 0. The molecule has 3 rings (SSSR count). The van der Waals surface area contributed by atoms with E-state index in [0.717, 1.165) is 36.3 Å². The van der Waals surface area contributed by atoms with E-state index in [0.29, 0.717) is 19.0 Å². The maximum atomic E-state index is 4.74. The van der Waals surface area contributed by atoms with Crippen molar-refractivity contribution in [2.24, 2.45) is 4.99 Å². The third-order valence-corrected chi connectivity index (χ3v) is 6.45. The highest BCUT2D eigenvalue weighted by Crippen LogP contribution is 2.20. The van der Waals surface area contributed by atoms with E-state index in [4.69, 9.17) is 4.99 Å². The Labute approximate surface area is 177 Å². The molecular weight excluding hydrogens is 386 g/mol. The van der Waals surface area contributed by atoms with E-state index in [9.17, 15) is 0 Å². The molecule has 0 amide bonds. The van der Waals surface area contributed by atoms with E-state index in [2.05, 4.69) is 70.9 Å². The number of thiazole rings is 1. The minimum atomic E-state index is 0.471. The third kappa shape index (κ3) is 6.14. The number of nitrogens with zero attached hydrogens (tertiary/aromatic N) is 3. The van der Waals surface area contributed by atoms with Gasteiger partial charge in [-0.15, -0.1) is 11.3 Å². The lowest BCUT2D eigenvalue weighted by Crippen LogP contribution is -2.36. The lowest BCUT2D eigenvalue weighted by molar-refractivity contribution is 0.788. The largest absolute Gasteiger partial charge is 0.370 e. The summed E-state index contributed by atoms with van der Waals surface area (Å²) in [6.07, 6.45) is 0. The Morgan fingerprint density at radius 3 is 2.57 bits per heavy atom. The predicted octanol–water partition coefficient (Wildman–Crippen LogP) is 4.08. The van der Waals surface area contributed by atoms with Gasteiger partial charge in [-0.3, -0.25) is 0 Å². The van der Waals surface area contributed by atoms with Gasteiger partial charge in [0.2, 0.25) is 0 Å². The molecule has 2 N–H and O–H groups in total. The van der Waals surface area contributed by atoms with Crippen LogP contribution in [-0.4, -0.2) is 42.1 Å². The molecule has 28 heavy (non-hydrogen) atoms. The Bertz CT molecular complexity index is 748. The number of rotatable bonds is 7. The Morgan fingerprint density at radius 1 is 1.18 bits per heavy atom. The van der Waals surface area contributed by atoms with Gasteiger partial charge in [0.05, 0.1) is 18.8 Å². The van der Waals surface area contributed by atoms with Crippen molar-refractivity contribution in [2.75, 3.05) is 36.0 Å². The smallest absolute Gasteiger partial charge is 0.191 e. The van der Waals surface area contributed by atoms with Crippen molar-refractivity contribution in [3.63, 3.8) is 0 Å². The molecule has 1 aromatic heterocycles. The molecule has 1 aliphatic rings. The fraction of sp³-hybridized carbons (Fsp3) is 0.524. The van der Waals surface area contributed by atoms with Crippen LogP contribution in [0.5, 0.6) is 0 Å². The minimum absolute atomic E-state index is 0.471. The summed E-state index contributed by atoms with van der Waals surface area (Å²) in [6.45, 7) is 10.9. The molecule has 1 aliphatic heterocycles. The highest BCUT2D eigenvalue weighted by molar-refractivity contribution is 7.99. The lowest BCUT2D eigenvalue weighted by Gasteiger charge is -2.28. The normalized spacial score (nSPS) is 15.1. The maximum Gasteiger partial charge on any atom is 0.191 e. The molecule has 0 bridgehead atoms. The summed E-state index contributed by atoms with van der Waals surface area (Å²) in [6, 6.07) is 8.84. The van der Waals surface area contributed by atoms with Crippen LogP contribution in [0.4, 0.5) is 5.69 Å². The molecule has 2 aromatic rings. The van der Waals surface area contributed by atoms with Crippen LogP contribution in [0.15, 0.2) is 34.6 Å². The molecule has 7 heteroatoms. The van der Waals surface area contributed by atoms with E-state index in [-0.39, 0.29) is 0 Å². The van der Waals surface area contributed by atoms with E-state index in [1.807, 2.05) is 11.8 Å². The molecule has 1 aromatic carbocycles. The van der Waals surface area contributed by atoms with Crippen molar-refractivity contribution in [1.82, 2.24) is 15.6 Å². The van der Waals surface area contributed by atoms with Crippen molar-refractivity contribution >= 4 is 34.7 Å². The monoisotopic (exact) mass is 417 g/mol. The number of aromatic nitrogens is 1. The molecule has 0 atom stereocenters. The molecule has 1 saturated heterocycles. The van der Waals surface area contributed by atoms with Gasteiger partial charge in [-0.25, -0.2) is 9.98 Å². The molecule has 0 unspecified atom stereocenters. The second kappa shape index (κ2) is 10.7. The van der Waals surface area contributed by atoms with Crippen molar-refractivity contribution < 1.29 is 0 Å². The molecular formula is C21H31N5S2. The fourth-order valence-corrected chi connectivity index (χ4v) is 4.77. The van der Waals surface area contributed by atoms with E-state index >= 15 is 0 Å². The van der Waals surface area contributed by atoms with Crippen LogP contribution in [0, 0.1) is 0 Å². The van der Waals surface area contributed by atoms with Crippen molar-refractivity contribution in [3.8, 4) is 0 Å². The molecule has 0 spiro atoms. The first kappa shape index (κ1) is 21.0. The quantitative estimate of drug-likeness (QED) is 0.525. The number of aliphatic imine (C=N–C) groups is 1. The summed E-state index contributed by atoms with van der Waals surface area (Å²) in [5, 5.41) is 9.96. The maximum absolute atomic E-state index is 4.74. The number of guanidine groups is 1. The van der Waals surface area contributed by atoms with E-state index in [1.165, 1.54) is 22.8 Å². The van der Waals surface area contributed by atoms with Gasteiger partial charge >= 0.3 is 0 Å². The van der Waals surface area contributed by atoms with Crippen LogP contribution in [0.1, 0.15) is 43.0 Å². The first-order chi connectivity index (χ1) is 13.7. The number of hydrogen-bond donors (Lipinski definition) is 2. The van der Waals surface area contributed by atoms with Crippen molar-refractivity contribution in [2.45, 2.75) is 39.8 Å². The number of benzene rings is 1. The minimum Gasteiger partial charge on any atom is -0.370 e. The number of anilines is 1. The molecule has 2 heterocycles. The second-order valence-corrected chi connectivity index (χ2v) is 9.30. The summed E-state index contributed by atoms with van der Waals surface area (Å²) in [5.41, 5.74) is 3.71. The van der Waals surface area contributed by atoms with Gasteiger partial charge in [-0.05, 0) is 30.5 Å². The molecule has 0 radical (unpaired) electrons. The van der Waals surface area contributed by atoms with Crippen molar-refractivity contribution in [3.05, 3.63) is 45.9 Å². The van der Waals surface area contributed by atoms with Crippen LogP contribution in [0.25, 0.3) is 0 Å². The molecule has 0 aliphatic carbocycles. The van der Waals surface area contributed by atoms with Crippen LogP contribution >= 0.6 is 23.1 Å². The summed E-state index contributed by atoms with van der Waals surface area (Å²) >= 11 is 3.75. The average Bonchev–Trinajstić information content (AvgIpc) is 3.21. The predicted molar refractivity (Wildman–Crippen MR) is 124 cm³/mol. The Hall–Kier alpha value is -1.73. The second-order valence-electron chi connectivity index (χ2n) is 7.14. The number of hydrogen-bond acceptors (Lipinski definition) is 5. The standard InChI is InChI=1S/C21H31N5S2/c1-4-22-21(24-14-20-25-19(15-28-20)16(2)3)23-13-17-5-7-18(8-6-17)26-9-11-27-12-10-26/h5-8,15-16H,4,9-14H2,1-3H3,(H2,22,23,24). The van der Waals surface area contributed by atoms with Crippen LogP contribution in [-0.2, 0) is 13.1 Å². The zero-order chi connectivity index (χ0) is 19.8. The van der Waals surface area contributed by atoms with Gasteiger partial charge in [0, 0.05) is 42.2 Å². The first-order valence-electron chi connectivity index (χ1n) is 10.0. The number of thioether (sulfide) groups is 1. The molecule has 5 nitrogen and oxygen atoms in total. The van der Waals surface area contributed by atoms with Gasteiger partial charge in [0.15, 0.2) is 5.96 Å². The zero-order valence-electron chi connectivity index (χ0n) is 17.1. The van der Waals surface area contributed by atoms with E-state index in [1.54, 1.807) is 11.3 Å². The molecule has 1 fully saturated rings. The van der Waals surface area contributed by atoms with Gasteiger partial charge in [0.25, 0.3) is 0 Å². The highest BCUT2D eigenvalue weighted by atomic mass is 32.2. The topological polar surface area (TPSA) is 52.6 Å². The zero-order valence-corrected chi connectivity index (χ0v) is 18.7. The van der Waals surface area contributed by atoms with Gasteiger partial charge in [0.1, 0.15) is 5.01 Å². The Kier molecular flexibility index (Phi) is 8.03. The summed E-state index contributed by atoms with van der Waals surface area (Å²) in [5.74, 6) is 3.75. The molecule has 0 saturated carbocycles. The lowest BCUT2D eigenvalue weighted by atomic mass is 10.2. The van der Waals surface area contributed by atoms with Gasteiger partial charge in [-0.2, -0.15) is 11.8 Å². The summed E-state index contributed by atoms with van der Waals surface area (Å²) in [4.78, 5) is 11.9. The van der Waals surface area contributed by atoms with Gasteiger partial charge in [-0.1, -0.05) is 26.0 Å². The highest BCUT2D eigenvalue weighted by Gasteiger charge is 2.11. The van der Waals surface area contributed by atoms with Gasteiger partial charge < -0.3 is 15.5 Å². The average molecular weight is 418 g/mol. The Morgan fingerprint density at radius 2 is 1.93 bits per heavy atom. The number of nitrogens with one attached hydrogen (secondary N) is 2. The molecule has 152 valence electrons. The van der Waals surface area contributed by atoms with Crippen LogP contribution in [0.2, 0.25) is 0 Å². The SMILES string of the molecule is CCNC(=NCc1ccc(N2CCSCC2)cc1)NCc1nc(C(C)C)cs1. The third-order valence-electron chi connectivity index (χ3n) is 4.64. The van der Waals surface area contributed by atoms with Crippen LogP contribution in [0.3, 0.4) is 0 Å². The Balaban J connectivity index is 1.55. The van der Waals surface area contributed by atoms with Crippen molar-refractivity contribution in [1.29, 1.82) is 0 Å². The van der Waals surface area contributed by atoms with Crippen LogP contribution < -0.4 is 15.5 Å².